The molecule has 1 aromatic rings. The molecule has 0 saturated heterocycles. The monoisotopic (exact) mass is 471 g/mol. The van der Waals surface area contributed by atoms with Crippen LogP contribution in [0.15, 0.2) is 30.3 Å². The Labute approximate surface area is 187 Å². The van der Waals surface area contributed by atoms with Gasteiger partial charge in [-0.05, 0) is 32.4 Å². The minimum atomic E-state index is -3.65. The molecule has 0 aliphatic carbocycles. The third kappa shape index (κ3) is 9.72. The Kier molecular flexibility index (Phi) is 11.8. The highest BCUT2D eigenvalue weighted by molar-refractivity contribution is 7.53. The maximum Gasteiger partial charge on any atom is 0.345 e. The van der Waals surface area contributed by atoms with Crippen LogP contribution in [0.2, 0.25) is 0 Å². The fourth-order valence-corrected chi connectivity index (χ4v) is 4.49. The Bertz CT molecular complexity index is 816. The van der Waals surface area contributed by atoms with Crippen molar-refractivity contribution in [1.29, 1.82) is 0 Å². The molecule has 0 N–H and O–H groups in total. The highest BCUT2D eigenvalue weighted by Gasteiger charge is 2.34. The van der Waals surface area contributed by atoms with Crippen molar-refractivity contribution >= 4 is 31.4 Å². The van der Waals surface area contributed by atoms with E-state index < -0.39 is 43.9 Å². The summed E-state index contributed by atoms with van der Waals surface area (Å²) in [5.41, 5.74) is 0.205. The van der Waals surface area contributed by atoms with Gasteiger partial charge >= 0.3 is 25.5 Å². The Morgan fingerprint density at radius 1 is 1.00 bits per heavy atom. The lowest BCUT2D eigenvalue weighted by Gasteiger charge is -2.22. The molecule has 0 fully saturated rings. The Hall–Kier alpha value is -2.55. The summed E-state index contributed by atoms with van der Waals surface area (Å²) in [6.45, 7) is 2.92. The van der Waals surface area contributed by atoms with Crippen LogP contribution in [0, 0.1) is 5.92 Å². The summed E-state index contributed by atoms with van der Waals surface area (Å²) in [6, 6.07) is 7.96. The van der Waals surface area contributed by atoms with E-state index in [4.69, 9.17) is 18.5 Å². The van der Waals surface area contributed by atoms with Crippen LogP contribution < -0.4 is 0 Å². The predicted molar refractivity (Wildman–Crippen MR) is 115 cm³/mol. The first kappa shape index (κ1) is 27.5. The minimum Gasteiger partial charge on any atom is -0.455 e. The highest BCUT2D eigenvalue weighted by atomic mass is 31.2. The average Bonchev–Trinajstić information content (AvgIpc) is 2.75. The van der Waals surface area contributed by atoms with Gasteiger partial charge in [-0.2, -0.15) is 0 Å². The first-order valence-electron chi connectivity index (χ1n) is 10.2. The van der Waals surface area contributed by atoms with Crippen molar-refractivity contribution in [2.45, 2.75) is 26.7 Å². The van der Waals surface area contributed by atoms with Gasteiger partial charge in [0, 0.05) is 20.5 Å². The van der Waals surface area contributed by atoms with Crippen molar-refractivity contribution in [1.82, 2.24) is 4.90 Å². The van der Waals surface area contributed by atoms with Gasteiger partial charge in [0.1, 0.15) is 0 Å². The summed E-state index contributed by atoms with van der Waals surface area (Å²) >= 11 is 0. The second-order valence-electron chi connectivity index (χ2n) is 6.89. The molecule has 1 aromatic carbocycles. The largest absolute Gasteiger partial charge is 0.455 e. The summed E-state index contributed by atoms with van der Waals surface area (Å²) in [6.07, 6.45) is -0.804. The average molecular weight is 471 g/mol. The van der Waals surface area contributed by atoms with E-state index in [0.717, 1.165) is 0 Å². The molecule has 11 heteroatoms. The smallest absolute Gasteiger partial charge is 0.345 e. The Balaban J connectivity index is 2.83. The maximum absolute atomic E-state index is 12.9. The van der Waals surface area contributed by atoms with E-state index in [9.17, 15) is 23.7 Å². The molecule has 0 radical (unpaired) electrons. The number of amides is 1. The van der Waals surface area contributed by atoms with Gasteiger partial charge in [-0.1, -0.05) is 18.2 Å². The number of carbonyl (C=O) groups is 4. The topological polar surface area (TPSA) is 126 Å². The normalized spacial score (nSPS) is 12.0. The van der Waals surface area contributed by atoms with Gasteiger partial charge in [-0.3, -0.25) is 18.9 Å². The zero-order valence-electron chi connectivity index (χ0n) is 18.8. The number of esters is 3. The number of hydrogen-bond acceptors (Lipinski definition) is 9. The molecule has 178 valence electrons. The number of likely N-dealkylation sites (N-methyl/N-ethyl adjacent to an activating group) is 1. The molecular formula is C21H30NO9P. The van der Waals surface area contributed by atoms with E-state index in [1.54, 1.807) is 32.0 Å². The molecule has 0 saturated carbocycles. The molecule has 0 aliphatic heterocycles. The number of carbonyl (C=O) groups excluding carboxylic acids is 4. The van der Waals surface area contributed by atoms with Gasteiger partial charge in [-0.15, -0.1) is 0 Å². The van der Waals surface area contributed by atoms with Gasteiger partial charge in [0.05, 0.1) is 30.9 Å². The summed E-state index contributed by atoms with van der Waals surface area (Å²) in [5, 5.41) is 0. The lowest BCUT2D eigenvalue weighted by molar-refractivity contribution is -0.154. The second kappa shape index (κ2) is 13.8. The fourth-order valence-electron chi connectivity index (χ4n) is 2.55. The van der Waals surface area contributed by atoms with E-state index in [0.29, 0.717) is 0 Å². The fraction of sp³-hybridized carbons (Fsp3) is 0.524. The molecule has 0 heterocycles. The predicted octanol–water partition coefficient (Wildman–Crippen LogP) is 2.66. The van der Waals surface area contributed by atoms with Crippen molar-refractivity contribution in [2.24, 2.45) is 5.92 Å². The third-order valence-corrected chi connectivity index (χ3v) is 6.37. The lowest BCUT2D eigenvalue weighted by atomic mass is 10.1. The van der Waals surface area contributed by atoms with Crippen LogP contribution in [-0.4, -0.2) is 68.8 Å². The van der Waals surface area contributed by atoms with Crippen LogP contribution in [0.3, 0.4) is 0 Å². The summed E-state index contributed by atoms with van der Waals surface area (Å²) in [5.74, 6) is -4.03. The number of benzene rings is 1. The van der Waals surface area contributed by atoms with Gasteiger partial charge in [-0.25, -0.2) is 4.79 Å². The zero-order chi connectivity index (χ0) is 24.1. The van der Waals surface area contributed by atoms with E-state index in [2.05, 4.69) is 0 Å². The van der Waals surface area contributed by atoms with Crippen LogP contribution in [0.1, 0.15) is 37.0 Å². The highest BCUT2D eigenvalue weighted by Crippen LogP contribution is 2.50. The quantitative estimate of drug-likeness (QED) is 0.242. The maximum atomic E-state index is 12.9. The molecular weight excluding hydrogens is 441 g/mol. The van der Waals surface area contributed by atoms with Crippen molar-refractivity contribution in [3.05, 3.63) is 35.9 Å². The SMILES string of the molecule is CCOP(=O)(CC(CCC(=O)OC(=O)c1ccccc1)C(=O)OCC(=O)N(C)C)OCC. The molecule has 0 aliphatic rings. The van der Waals surface area contributed by atoms with Crippen LogP contribution in [0.4, 0.5) is 0 Å². The van der Waals surface area contributed by atoms with Crippen LogP contribution in [0.25, 0.3) is 0 Å². The third-order valence-electron chi connectivity index (χ3n) is 4.18. The number of rotatable bonds is 13. The molecule has 1 unspecified atom stereocenters. The van der Waals surface area contributed by atoms with Crippen LogP contribution in [0.5, 0.6) is 0 Å². The van der Waals surface area contributed by atoms with Gasteiger partial charge in [0.15, 0.2) is 6.61 Å². The van der Waals surface area contributed by atoms with Gasteiger partial charge in [0.2, 0.25) is 0 Å². The van der Waals surface area contributed by atoms with Gasteiger partial charge in [0.25, 0.3) is 5.91 Å². The molecule has 10 nitrogen and oxygen atoms in total. The first-order chi connectivity index (χ1) is 15.1. The van der Waals surface area contributed by atoms with Crippen LogP contribution in [-0.2, 0) is 37.5 Å². The van der Waals surface area contributed by atoms with Crippen molar-refractivity contribution < 1.29 is 42.3 Å². The molecule has 0 bridgehead atoms. The molecule has 1 amide bonds. The number of nitrogens with zero attached hydrogens (tertiary/aromatic N) is 1. The summed E-state index contributed by atoms with van der Waals surface area (Å²) in [7, 11) is -0.635. The van der Waals surface area contributed by atoms with Gasteiger partial charge < -0.3 is 23.4 Å². The minimum absolute atomic E-state index is 0.0891. The first-order valence-corrected chi connectivity index (χ1v) is 11.9. The summed E-state index contributed by atoms with van der Waals surface area (Å²) < 4.78 is 33.2. The van der Waals surface area contributed by atoms with E-state index in [1.165, 1.54) is 31.1 Å². The van der Waals surface area contributed by atoms with Crippen molar-refractivity contribution in [3.63, 3.8) is 0 Å². The van der Waals surface area contributed by atoms with Crippen molar-refractivity contribution in [2.75, 3.05) is 40.1 Å². The second-order valence-corrected chi connectivity index (χ2v) is 8.99. The van der Waals surface area contributed by atoms with Crippen LogP contribution >= 0.6 is 7.60 Å². The molecule has 1 rings (SSSR count). The summed E-state index contributed by atoms with van der Waals surface area (Å²) in [4.78, 5) is 49.7. The molecule has 0 aromatic heterocycles. The zero-order valence-corrected chi connectivity index (χ0v) is 19.7. The lowest BCUT2D eigenvalue weighted by Crippen LogP contribution is -2.31. The number of hydrogen-bond donors (Lipinski definition) is 0. The van der Waals surface area contributed by atoms with Crippen molar-refractivity contribution in [3.8, 4) is 0 Å². The van der Waals surface area contributed by atoms with E-state index in [-0.39, 0.29) is 37.8 Å². The Morgan fingerprint density at radius 3 is 2.12 bits per heavy atom. The Morgan fingerprint density at radius 2 is 1.59 bits per heavy atom. The number of ether oxygens (including phenoxy) is 2. The standard InChI is InChI=1S/C21H30NO9P/c1-5-29-32(27,30-6-2)15-17(20(25)28-14-18(23)22(3)4)12-13-19(24)31-21(26)16-10-8-7-9-11-16/h7-11,17H,5-6,12-15H2,1-4H3. The van der Waals surface area contributed by atoms with E-state index in [1.807, 2.05) is 0 Å². The molecule has 1 atom stereocenters. The molecule has 32 heavy (non-hydrogen) atoms. The van der Waals surface area contributed by atoms with E-state index >= 15 is 0 Å². The molecule has 0 spiro atoms.